The summed E-state index contributed by atoms with van der Waals surface area (Å²) in [6, 6.07) is 1.81. The molecule has 102 valence electrons. The van der Waals surface area contributed by atoms with E-state index >= 15 is 0 Å². The molecule has 1 N–H and O–H groups in total. The molecule has 0 aromatic rings. The molecule has 3 unspecified atom stereocenters. The van der Waals surface area contributed by atoms with Gasteiger partial charge in [-0.1, -0.05) is 6.42 Å². The van der Waals surface area contributed by atoms with Crippen molar-refractivity contribution in [1.82, 2.24) is 10.2 Å². The molecular formula is C16H28N2. The number of fused-ring (bicyclic) bond motifs is 2. The third kappa shape index (κ3) is 2.34. The number of nitrogens with zero attached hydrogens (tertiary/aromatic N) is 1. The van der Waals surface area contributed by atoms with Crippen LogP contribution in [-0.2, 0) is 0 Å². The van der Waals surface area contributed by atoms with E-state index in [4.69, 9.17) is 0 Å². The first kappa shape index (κ1) is 11.7. The first-order valence-electron chi connectivity index (χ1n) is 8.36. The molecule has 1 saturated heterocycles. The lowest BCUT2D eigenvalue weighted by atomic mass is 9.92. The van der Waals surface area contributed by atoms with Gasteiger partial charge in [-0.15, -0.1) is 0 Å². The molecule has 3 aliphatic carbocycles. The molecule has 4 aliphatic rings. The Morgan fingerprint density at radius 2 is 1.72 bits per heavy atom. The molecule has 0 aromatic carbocycles. The van der Waals surface area contributed by atoms with Crippen molar-refractivity contribution in [3.8, 4) is 0 Å². The highest BCUT2D eigenvalue weighted by Gasteiger charge is 2.42. The minimum absolute atomic E-state index is 0.834. The van der Waals surface area contributed by atoms with Crippen molar-refractivity contribution in [2.24, 2.45) is 17.8 Å². The van der Waals surface area contributed by atoms with E-state index in [0.717, 1.165) is 29.8 Å². The van der Waals surface area contributed by atoms with E-state index in [1.165, 1.54) is 58.2 Å². The summed E-state index contributed by atoms with van der Waals surface area (Å²) >= 11 is 0. The standard InChI is InChI=1S/C16H28N2/c1-2-12(1)11-17-15-5-7-18(8-6-15)16-10-13-3-4-14(16)9-13/h12-17H,1-11H2. The normalized spacial score (nSPS) is 41.7. The second kappa shape index (κ2) is 4.79. The highest BCUT2D eigenvalue weighted by Crippen LogP contribution is 2.47. The number of hydrogen-bond acceptors (Lipinski definition) is 2. The Balaban J connectivity index is 1.24. The number of piperidine rings is 1. The van der Waals surface area contributed by atoms with E-state index in [-0.39, 0.29) is 0 Å². The van der Waals surface area contributed by atoms with Crippen molar-refractivity contribution in [3.05, 3.63) is 0 Å². The zero-order valence-corrected chi connectivity index (χ0v) is 11.6. The Kier molecular flexibility index (Phi) is 3.12. The maximum absolute atomic E-state index is 3.80. The van der Waals surface area contributed by atoms with Crippen LogP contribution >= 0.6 is 0 Å². The van der Waals surface area contributed by atoms with Gasteiger partial charge >= 0.3 is 0 Å². The van der Waals surface area contributed by atoms with Crippen LogP contribution in [0.4, 0.5) is 0 Å². The Hall–Kier alpha value is -0.0800. The lowest BCUT2D eigenvalue weighted by Gasteiger charge is -2.39. The van der Waals surface area contributed by atoms with Crippen LogP contribution in [0.2, 0.25) is 0 Å². The quantitative estimate of drug-likeness (QED) is 0.823. The third-order valence-electron chi connectivity index (χ3n) is 6.09. The van der Waals surface area contributed by atoms with Gasteiger partial charge in [0, 0.05) is 12.1 Å². The molecule has 18 heavy (non-hydrogen) atoms. The number of hydrogen-bond donors (Lipinski definition) is 1. The predicted molar refractivity (Wildman–Crippen MR) is 74.6 cm³/mol. The van der Waals surface area contributed by atoms with E-state index in [9.17, 15) is 0 Å². The predicted octanol–water partition coefficient (Wildman–Crippen LogP) is 2.64. The fourth-order valence-electron chi connectivity index (χ4n) is 4.75. The van der Waals surface area contributed by atoms with Gasteiger partial charge in [-0.05, 0) is 82.3 Å². The fraction of sp³-hybridized carbons (Fsp3) is 1.00. The molecule has 3 atom stereocenters. The van der Waals surface area contributed by atoms with Gasteiger partial charge in [-0.3, -0.25) is 4.90 Å². The highest BCUT2D eigenvalue weighted by molar-refractivity contribution is 4.96. The summed E-state index contributed by atoms with van der Waals surface area (Å²) in [6.45, 7) is 4.05. The summed E-state index contributed by atoms with van der Waals surface area (Å²) in [5.74, 6) is 3.21. The summed E-state index contributed by atoms with van der Waals surface area (Å²) in [5.41, 5.74) is 0. The molecule has 0 amide bonds. The summed E-state index contributed by atoms with van der Waals surface area (Å²) in [7, 11) is 0. The Morgan fingerprint density at radius 1 is 0.889 bits per heavy atom. The van der Waals surface area contributed by atoms with E-state index in [1.54, 1.807) is 12.8 Å². The first-order valence-corrected chi connectivity index (χ1v) is 8.36. The monoisotopic (exact) mass is 248 g/mol. The Bertz CT molecular complexity index is 291. The van der Waals surface area contributed by atoms with Gasteiger partial charge in [0.25, 0.3) is 0 Å². The van der Waals surface area contributed by atoms with E-state index in [2.05, 4.69) is 10.2 Å². The second-order valence-corrected chi connectivity index (χ2v) is 7.40. The summed E-state index contributed by atoms with van der Waals surface area (Å²) < 4.78 is 0. The lowest BCUT2D eigenvalue weighted by Crippen LogP contribution is -2.48. The summed E-state index contributed by atoms with van der Waals surface area (Å²) in [4.78, 5) is 2.85. The van der Waals surface area contributed by atoms with Crippen LogP contribution in [0.5, 0.6) is 0 Å². The van der Waals surface area contributed by atoms with Crippen molar-refractivity contribution in [2.45, 2.75) is 63.5 Å². The third-order valence-corrected chi connectivity index (χ3v) is 6.09. The molecule has 1 heterocycles. The van der Waals surface area contributed by atoms with E-state index in [0.29, 0.717) is 0 Å². The Morgan fingerprint density at radius 3 is 2.33 bits per heavy atom. The van der Waals surface area contributed by atoms with Crippen molar-refractivity contribution < 1.29 is 0 Å². The van der Waals surface area contributed by atoms with Crippen LogP contribution in [0.1, 0.15) is 51.4 Å². The maximum atomic E-state index is 3.80. The fourth-order valence-corrected chi connectivity index (χ4v) is 4.75. The van der Waals surface area contributed by atoms with E-state index < -0.39 is 0 Å². The molecule has 0 spiro atoms. The van der Waals surface area contributed by atoms with Crippen LogP contribution in [0.3, 0.4) is 0 Å². The molecule has 0 aromatic heterocycles. The zero-order chi connectivity index (χ0) is 11.9. The zero-order valence-electron chi connectivity index (χ0n) is 11.6. The van der Waals surface area contributed by atoms with Crippen LogP contribution < -0.4 is 5.32 Å². The smallest absolute Gasteiger partial charge is 0.0126 e. The van der Waals surface area contributed by atoms with Gasteiger partial charge < -0.3 is 5.32 Å². The van der Waals surface area contributed by atoms with Crippen LogP contribution in [0, 0.1) is 17.8 Å². The number of nitrogens with one attached hydrogen (secondary N) is 1. The summed E-state index contributed by atoms with van der Waals surface area (Å²) in [6.07, 6.45) is 11.9. The van der Waals surface area contributed by atoms with E-state index in [1.807, 2.05) is 0 Å². The largest absolute Gasteiger partial charge is 0.314 e. The topological polar surface area (TPSA) is 15.3 Å². The van der Waals surface area contributed by atoms with Crippen molar-refractivity contribution in [2.75, 3.05) is 19.6 Å². The number of rotatable bonds is 4. The average molecular weight is 248 g/mol. The molecule has 4 fully saturated rings. The van der Waals surface area contributed by atoms with Crippen molar-refractivity contribution in [3.63, 3.8) is 0 Å². The van der Waals surface area contributed by atoms with Crippen molar-refractivity contribution in [1.29, 1.82) is 0 Å². The van der Waals surface area contributed by atoms with Gasteiger partial charge in [0.05, 0.1) is 0 Å². The molecule has 3 saturated carbocycles. The lowest BCUT2D eigenvalue weighted by molar-refractivity contribution is 0.105. The number of likely N-dealkylation sites (tertiary alicyclic amines) is 1. The van der Waals surface area contributed by atoms with Crippen LogP contribution in [0.15, 0.2) is 0 Å². The first-order chi connectivity index (χ1) is 8.88. The molecular weight excluding hydrogens is 220 g/mol. The summed E-state index contributed by atoms with van der Waals surface area (Å²) in [5, 5.41) is 3.80. The SMILES string of the molecule is C1CC1CNC1CCN(C2CC3CCC2C3)CC1. The van der Waals surface area contributed by atoms with Crippen LogP contribution in [0.25, 0.3) is 0 Å². The van der Waals surface area contributed by atoms with Gasteiger partial charge in [0.15, 0.2) is 0 Å². The van der Waals surface area contributed by atoms with Gasteiger partial charge in [0.2, 0.25) is 0 Å². The second-order valence-electron chi connectivity index (χ2n) is 7.40. The maximum Gasteiger partial charge on any atom is 0.0126 e. The molecule has 2 nitrogen and oxygen atoms in total. The Labute approximate surface area is 111 Å². The molecule has 0 radical (unpaired) electrons. The highest BCUT2D eigenvalue weighted by atomic mass is 15.2. The molecule has 1 aliphatic heterocycles. The average Bonchev–Trinajstić information content (AvgIpc) is 3.01. The van der Waals surface area contributed by atoms with Gasteiger partial charge in [-0.2, -0.15) is 0 Å². The van der Waals surface area contributed by atoms with Gasteiger partial charge in [0.1, 0.15) is 0 Å². The van der Waals surface area contributed by atoms with Crippen molar-refractivity contribution >= 4 is 0 Å². The minimum Gasteiger partial charge on any atom is -0.314 e. The molecule has 4 rings (SSSR count). The van der Waals surface area contributed by atoms with Crippen LogP contribution in [-0.4, -0.2) is 36.6 Å². The molecule has 2 bridgehead atoms. The van der Waals surface area contributed by atoms with Gasteiger partial charge in [-0.25, -0.2) is 0 Å². The minimum atomic E-state index is 0.834. The molecule has 2 heteroatoms.